The van der Waals surface area contributed by atoms with Gasteiger partial charge >= 0.3 is 0 Å². The van der Waals surface area contributed by atoms with Crippen LogP contribution < -0.4 is 5.32 Å². The Morgan fingerprint density at radius 1 is 1.42 bits per heavy atom. The molecule has 5 heteroatoms. The summed E-state index contributed by atoms with van der Waals surface area (Å²) < 4.78 is 19.0. The van der Waals surface area contributed by atoms with Gasteiger partial charge in [0.1, 0.15) is 5.82 Å². The van der Waals surface area contributed by atoms with Gasteiger partial charge in [-0.05, 0) is 24.6 Å². The first-order valence-electron chi connectivity index (χ1n) is 6.45. The zero-order chi connectivity index (χ0) is 13.8. The molecule has 2 rings (SSSR count). The first-order chi connectivity index (χ1) is 9.13. The van der Waals surface area contributed by atoms with Crippen molar-refractivity contribution in [2.45, 2.75) is 13.0 Å². The van der Waals surface area contributed by atoms with Crippen molar-refractivity contribution in [1.82, 2.24) is 10.2 Å². The molecule has 1 fully saturated rings. The van der Waals surface area contributed by atoms with Gasteiger partial charge in [-0.1, -0.05) is 6.07 Å². The van der Waals surface area contributed by atoms with Crippen molar-refractivity contribution in [2.75, 3.05) is 33.3 Å². The number of ether oxygens (including phenoxy) is 1. The lowest BCUT2D eigenvalue weighted by atomic mass is 10.1. The van der Waals surface area contributed by atoms with Gasteiger partial charge in [-0.3, -0.25) is 4.79 Å². The second-order valence-corrected chi connectivity index (χ2v) is 4.66. The zero-order valence-electron chi connectivity index (χ0n) is 11.3. The van der Waals surface area contributed by atoms with Crippen LogP contribution in [0.25, 0.3) is 0 Å². The maximum atomic E-state index is 13.8. The molecule has 1 aromatic rings. The van der Waals surface area contributed by atoms with E-state index in [-0.39, 0.29) is 17.6 Å². The molecule has 1 aromatic carbocycles. The van der Waals surface area contributed by atoms with Crippen molar-refractivity contribution in [3.63, 3.8) is 0 Å². The summed E-state index contributed by atoms with van der Waals surface area (Å²) >= 11 is 0. The number of piperazine rings is 1. The minimum absolute atomic E-state index is 0.128. The summed E-state index contributed by atoms with van der Waals surface area (Å²) in [6, 6.07) is 4.58. The fourth-order valence-corrected chi connectivity index (χ4v) is 2.13. The van der Waals surface area contributed by atoms with Gasteiger partial charge in [0.2, 0.25) is 0 Å². The lowest BCUT2D eigenvalue weighted by Gasteiger charge is -2.27. The fraction of sp³-hybridized carbons (Fsp3) is 0.500. The molecule has 0 bridgehead atoms. The predicted octanol–water partition coefficient (Wildman–Crippen LogP) is 1.58. The summed E-state index contributed by atoms with van der Waals surface area (Å²) in [5.74, 6) is -0.722. The van der Waals surface area contributed by atoms with Gasteiger partial charge in [0.15, 0.2) is 0 Å². The van der Waals surface area contributed by atoms with Crippen molar-refractivity contribution in [3.8, 4) is 0 Å². The molecule has 1 N–H and O–H groups in total. The lowest BCUT2D eigenvalue weighted by Crippen LogP contribution is -2.46. The van der Waals surface area contributed by atoms with E-state index in [1.165, 1.54) is 6.07 Å². The number of hydrogen-bond acceptors (Lipinski definition) is 3. The van der Waals surface area contributed by atoms with Crippen molar-refractivity contribution in [3.05, 3.63) is 35.1 Å². The van der Waals surface area contributed by atoms with Gasteiger partial charge in [0.05, 0.1) is 11.7 Å². The maximum absolute atomic E-state index is 13.8. The van der Waals surface area contributed by atoms with Crippen molar-refractivity contribution >= 4 is 5.91 Å². The Morgan fingerprint density at radius 2 is 2.11 bits per heavy atom. The predicted molar refractivity (Wildman–Crippen MR) is 70.6 cm³/mol. The molecular formula is C14H19FN2O2. The van der Waals surface area contributed by atoms with E-state index >= 15 is 0 Å². The molecule has 1 aliphatic heterocycles. The minimum atomic E-state index is -0.476. The molecule has 1 amide bonds. The molecule has 0 aliphatic carbocycles. The van der Waals surface area contributed by atoms with Crippen LogP contribution in [0.15, 0.2) is 18.2 Å². The Kier molecular flexibility index (Phi) is 4.50. The van der Waals surface area contributed by atoms with Crippen LogP contribution in [0, 0.1) is 5.82 Å². The molecule has 1 unspecified atom stereocenters. The Hall–Kier alpha value is -1.46. The molecule has 0 radical (unpaired) electrons. The second kappa shape index (κ2) is 6.12. The summed E-state index contributed by atoms with van der Waals surface area (Å²) in [5, 5.41) is 3.17. The highest BCUT2D eigenvalue weighted by atomic mass is 19.1. The van der Waals surface area contributed by atoms with Crippen LogP contribution in [-0.2, 0) is 4.74 Å². The number of carbonyl (C=O) groups excluding carboxylic acids is 1. The quantitative estimate of drug-likeness (QED) is 0.903. The highest BCUT2D eigenvalue weighted by Gasteiger charge is 2.21. The number of benzene rings is 1. The van der Waals surface area contributed by atoms with Gasteiger partial charge in [-0.2, -0.15) is 0 Å². The van der Waals surface area contributed by atoms with E-state index in [0.717, 1.165) is 18.7 Å². The van der Waals surface area contributed by atoms with Crippen molar-refractivity contribution in [1.29, 1.82) is 0 Å². The smallest absolute Gasteiger partial charge is 0.256 e. The third kappa shape index (κ3) is 3.11. The van der Waals surface area contributed by atoms with Crippen LogP contribution >= 0.6 is 0 Å². The highest BCUT2D eigenvalue weighted by Crippen LogP contribution is 2.20. The first-order valence-corrected chi connectivity index (χ1v) is 6.45. The summed E-state index contributed by atoms with van der Waals surface area (Å²) in [6.45, 7) is 4.60. The van der Waals surface area contributed by atoms with E-state index in [9.17, 15) is 9.18 Å². The number of rotatable bonds is 3. The largest absolute Gasteiger partial charge is 0.377 e. The van der Waals surface area contributed by atoms with Crippen molar-refractivity contribution < 1.29 is 13.9 Å². The van der Waals surface area contributed by atoms with Crippen molar-refractivity contribution in [2.24, 2.45) is 0 Å². The van der Waals surface area contributed by atoms with Crippen LogP contribution in [0.1, 0.15) is 28.9 Å². The molecule has 0 saturated carbocycles. The van der Waals surface area contributed by atoms with Crippen LogP contribution in [-0.4, -0.2) is 44.1 Å². The lowest BCUT2D eigenvalue weighted by molar-refractivity contribution is 0.0730. The molecule has 4 nitrogen and oxygen atoms in total. The molecule has 19 heavy (non-hydrogen) atoms. The number of nitrogens with one attached hydrogen (secondary N) is 1. The standard InChI is InChI=1S/C14H19FN2O2/c1-10(19-2)11-3-4-13(15)12(9-11)14(18)17-7-5-16-6-8-17/h3-4,9-10,16H,5-8H2,1-2H3. The summed E-state index contributed by atoms with van der Waals surface area (Å²) in [7, 11) is 1.59. The number of carbonyl (C=O) groups is 1. The fourth-order valence-electron chi connectivity index (χ4n) is 2.13. The molecule has 1 atom stereocenters. The van der Waals surface area contributed by atoms with Gasteiger partial charge in [0.25, 0.3) is 5.91 Å². The third-order valence-corrected chi connectivity index (χ3v) is 3.45. The molecule has 1 saturated heterocycles. The summed E-state index contributed by atoms with van der Waals surface area (Å²) in [4.78, 5) is 14.0. The van der Waals surface area contributed by atoms with Crippen LogP contribution in [0.5, 0.6) is 0 Å². The van der Waals surface area contributed by atoms with E-state index in [4.69, 9.17) is 4.74 Å². The van der Waals surface area contributed by atoms with Crippen LogP contribution in [0.4, 0.5) is 4.39 Å². The number of nitrogens with zero attached hydrogens (tertiary/aromatic N) is 1. The Balaban J connectivity index is 2.24. The third-order valence-electron chi connectivity index (χ3n) is 3.45. The average Bonchev–Trinajstić information content (AvgIpc) is 2.47. The van der Waals surface area contributed by atoms with Gasteiger partial charge in [0, 0.05) is 33.3 Å². The zero-order valence-corrected chi connectivity index (χ0v) is 11.3. The van der Waals surface area contributed by atoms with Crippen LogP contribution in [0.2, 0.25) is 0 Å². The van der Waals surface area contributed by atoms with Gasteiger partial charge in [-0.25, -0.2) is 4.39 Å². The SMILES string of the molecule is COC(C)c1ccc(F)c(C(=O)N2CCNCC2)c1. The van der Waals surface area contributed by atoms with E-state index in [0.29, 0.717) is 13.1 Å². The number of amides is 1. The normalized spacial score (nSPS) is 17.3. The molecule has 0 spiro atoms. The Labute approximate surface area is 112 Å². The van der Waals surface area contributed by atoms with Gasteiger partial charge in [-0.15, -0.1) is 0 Å². The minimum Gasteiger partial charge on any atom is -0.377 e. The van der Waals surface area contributed by atoms with Crippen LogP contribution in [0.3, 0.4) is 0 Å². The Bertz CT molecular complexity index is 459. The summed E-state index contributed by atoms with van der Waals surface area (Å²) in [6.07, 6.45) is -0.157. The number of hydrogen-bond donors (Lipinski definition) is 1. The molecule has 0 aromatic heterocycles. The molecule has 1 heterocycles. The highest BCUT2D eigenvalue weighted by molar-refractivity contribution is 5.94. The van der Waals surface area contributed by atoms with Gasteiger partial charge < -0.3 is 15.0 Å². The topological polar surface area (TPSA) is 41.6 Å². The van der Waals surface area contributed by atoms with E-state index in [1.54, 1.807) is 24.1 Å². The second-order valence-electron chi connectivity index (χ2n) is 4.66. The number of methoxy groups -OCH3 is 1. The maximum Gasteiger partial charge on any atom is 0.256 e. The monoisotopic (exact) mass is 266 g/mol. The molecule has 1 aliphatic rings. The number of halogens is 1. The average molecular weight is 266 g/mol. The molecule has 104 valence electrons. The summed E-state index contributed by atoms with van der Waals surface area (Å²) in [5.41, 5.74) is 0.936. The van der Waals surface area contributed by atoms with E-state index in [2.05, 4.69) is 5.32 Å². The molecular weight excluding hydrogens is 247 g/mol. The van der Waals surface area contributed by atoms with E-state index < -0.39 is 5.82 Å². The Morgan fingerprint density at radius 3 is 2.74 bits per heavy atom. The first kappa shape index (κ1) is 14.0. The van der Waals surface area contributed by atoms with E-state index in [1.807, 2.05) is 6.92 Å².